The Morgan fingerprint density at radius 3 is 2.74 bits per heavy atom. The van der Waals surface area contributed by atoms with E-state index >= 15 is 0 Å². The molecule has 6 heteroatoms. The molecule has 0 saturated carbocycles. The first-order valence-electron chi connectivity index (χ1n) is 5.44. The van der Waals surface area contributed by atoms with Crippen molar-refractivity contribution >= 4 is 33.0 Å². The van der Waals surface area contributed by atoms with Crippen molar-refractivity contribution in [3.8, 4) is 0 Å². The van der Waals surface area contributed by atoms with Gasteiger partial charge in [-0.15, -0.1) is 11.3 Å². The minimum atomic E-state index is -0.849. The van der Waals surface area contributed by atoms with Crippen LogP contribution >= 0.6 is 27.3 Å². The van der Waals surface area contributed by atoms with E-state index in [1.54, 1.807) is 17.5 Å². The molecule has 0 aliphatic heterocycles. The lowest BCUT2D eigenvalue weighted by atomic mass is 10.0. The Hall–Kier alpha value is -1.11. The lowest BCUT2D eigenvalue weighted by Crippen LogP contribution is -2.23. The number of hydrogen-bond acceptors (Lipinski definition) is 3. The quantitative estimate of drug-likeness (QED) is 0.860. The molecule has 0 aliphatic rings. The van der Waals surface area contributed by atoms with Crippen LogP contribution in [0.1, 0.15) is 16.5 Å². The number of Topliss-reactive ketones (excluding diaryl/α,β-unsaturated/α-hetero) is 1. The molecule has 2 N–H and O–H groups in total. The summed E-state index contributed by atoms with van der Waals surface area (Å²) < 4.78 is 27.4. The number of rotatable bonds is 4. The van der Waals surface area contributed by atoms with Crippen LogP contribution in [0.4, 0.5) is 8.78 Å². The van der Waals surface area contributed by atoms with Gasteiger partial charge in [-0.25, -0.2) is 8.78 Å². The number of hydrogen-bond donors (Lipinski definition) is 1. The number of thiophene rings is 1. The topological polar surface area (TPSA) is 43.1 Å². The first-order chi connectivity index (χ1) is 9.00. The van der Waals surface area contributed by atoms with Gasteiger partial charge in [0.25, 0.3) is 0 Å². The second-order valence-electron chi connectivity index (χ2n) is 3.96. The number of carbonyl (C=O) groups excluding carboxylic acids is 1. The van der Waals surface area contributed by atoms with Crippen LogP contribution in [0.3, 0.4) is 0 Å². The van der Waals surface area contributed by atoms with Gasteiger partial charge in [-0.05, 0) is 39.5 Å². The molecule has 2 aromatic rings. The van der Waals surface area contributed by atoms with Crippen LogP contribution in [-0.2, 0) is 11.2 Å². The van der Waals surface area contributed by atoms with E-state index < -0.39 is 23.5 Å². The molecule has 1 atom stereocenters. The van der Waals surface area contributed by atoms with Crippen molar-refractivity contribution in [2.75, 3.05) is 0 Å². The molecular formula is C13H10BrF2NOS. The average Bonchev–Trinajstić information content (AvgIpc) is 2.92. The summed E-state index contributed by atoms with van der Waals surface area (Å²) in [5, 5.41) is 1.79. The average molecular weight is 346 g/mol. The van der Waals surface area contributed by atoms with E-state index in [-0.39, 0.29) is 16.5 Å². The molecular weight excluding hydrogens is 336 g/mol. The van der Waals surface area contributed by atoms with Crippen LogP contribution in [0.2, 0.25) is 0 Å². The van der Waals surface area contributed by atoms with Gasteiger partial charge in [-0.1, -0.05) is 6.07 Å². The summed E-state index contributed by atoms with van der Waals surface area (Å²) in [5.41, 5.74) is 5.52. The molecule has 2 rings (SSSR count). The summed E-state index contributed by atoms with van der Waals surface area (Å²) in [4.78, 5) is 12.6. The summed E-state index contributed by atoms with van der Waals surface area (Å²) in [6.07, 6.45) is -0.365. The summed E-state index contributed by atoms with van der Waals surface area (Å²) >= 11 is 4.30. The lowest BCUT2D eigenvalue weighted by molar-refractivity contribution is -0.119. The monoisotopic (exact) mass is 345 g/mol. The Morgan fingerprint density at radius 2 is 2.11 bits per heavy atom. The third-order valence-electron chi connectivity index (χ3n) is 2.69. The Morgan fingerprint density at radius 1 is 1.37 bits per heavy atom. The second kappa shape index (κ2) is 5.90. The first kappa shape index (κ1) is 14.3. The molecule has 0 radical (unpaired) electrons. The predicted molar refractivity (Wildman–Crippen MR) is 74.0 cm³/mol. The van der Waals surface area contributed by atoms with Crippen LogP contribution in [-0.4, -0.2) is 5.78 Å². The van der Waals surface area contributed by atoms with Crippen LogP contribution < -0.4 is 5.73 Å². The van der Waals surface area contributed by atoms with Gasteiger partial charge in [0.1, 0.15) is 11.6 Å². The van der Waals surface area contributed by atoms with E-state index in [9.17, 15) is 13.6 Å². The van der Waals surface area contributed by atoms with Gasteiger partial charge in [0.15, 0.2) is 5.78 Å². The SMILES string of the molecule is NC(C(=O)Cc1c(F)ccc(Br)c1F)c1cccs1. The fourth-order valence-electron chi connectivity index (χ4n) is 1.64. The van der Waals surface area contributed by atoms with Crippen molar-refractivity contribution in [1.29, 1.82) is 0 Å². The number of nitrogens with two attached hydrogens (primary N) is 1. The van der Waals surface area contributed by atoms with Gasteiger partial charge in [0.2, 0.25) is 0 Å². The molecule has 0 fully saturated rings. The van der Waals surface area contributed by atoms with Gasteiger partial charge >= 0.3 is 0 Å². The van der Waals surface area contributed by atoms with Crippen LogP contribution in [0.25, 0.3) is 0 Å². The maximum absolute atomic E-state index is 13.8. The van der Waals surface area contributed by atoms with Crippen molar-refractivity contribution in [3.05, 3.63) is 56.2 Å². The van der Waals surface area contributed by atoms with E-state index in [1.165, 1.54) is 17.4 Å². The zero-order valence-corrected chi connectivity index (χ0v) is 12.1. The molecule has 0 aliphatic carbocycles. The molecule has 2 nitrogen and oxygen atoms in total. The maximum Gasteiger partial charge on any atom is 0.159 e. The zero-order chi connectivity index (χ0) is 14.0. The number of halogens is 3. The van der Waals surface area contributed by atoms with Crippen LogP contribution in [0.5, 0.6) is 0 Å². The molecule has 1 aromatic carbocycles. The fourth-order valence-corrected chi connectivity index (χ4v) is 2.76. The van der Waals surface area contributed by atoms with E-state index in [1.807, 2.05) is 0 Å². The lowest BCUT2D eigenvalue weighted by Gasteiger charge is -2.10. The molecule has 100 valence electrons. The Bertz CT molecular complexity index is 601. The molecule has 1 aromatic heterocycles. The van der Waals surface area contributed by atoms with Crippen LogP contribution in [0.15, 0.2) is 34.1 Å². The normalized spacial score (nSPS) is 12.4. The van der Waals surface area contributed by atoms with E-state index in [0.29, 0.717) is 4.88 Å². The van der Waals surface area contributed by atoms with E-state index in [2.05, 4.69) is 15.9 Å². The summed E-state index contributed by atoms with van der Waals surface area (Å²) in [5.74, 6) is -1.92. The molecule has 0 spiro atoms. The van der Waals surface area contributed by atoms with Crippen molar-refractivity contribution < 1.29 is 13.6 Å². The molecule has 0 amide bonds. The third kappa shape index (κ3) is 3.08. The van der Waals surface area contributed by atoms with Gasteiger partial charge in [-0.3, -0.25) is 4.79 Å². The number of benzene rings is 1. The molecule has 0 saturated heterocycles. The Labute approximate surface area is 121 Å². The maximum atomic E-state index is 13.8. The predicted octanol–water partition coefficient (Wildman–Crippen LogP) is 3.60. The largest absolute Gasteiger partial charge is 0.317 e. The van der Waals surface area contributed by atoms with E-state index in [0.717, 1.165) is 6.07 Å². The van der Waals surface area contributed by atoms with Crippen LogP contribution in [0, 0.1) is 11.6 Å². The highest BCUT2D eigenvalue weighted by atomic mass is 79.9. The van der Waals surface area contributed by atoms with Crippen molar-refractivity contribution in [3.63, 3.8) is 0 Å². The van der Waals surface area contributed by atoms with Gasteiger partial charge in [-0.2, -0.15) is 0 Å². The molecule has 1 unspecified atom stereocenters. The summed E-state index contributed by atoms with van der Waals surface area (Å²) in [6.45, 7) is 0. The van der Waals surface area contributed by atoms with Gasteiger partial charge in [0.05, 0.1) is 10.5 Å². The molecule has 1 heterocycles. The number of carbonyl (C=O) groups is 1. The number of ketones is 1. The third-order valence-corrected chi connectivity index (χ3v) is 4.25. The highest BCUT2D eigenvalue weighted by molar-refractivity contribution is 9.10. The van der Waals surface area contributed by atoms with E-state index in [4.69, 9.17) is 5.73 Å². The highest BCUT2D eigenvalue weighted by Gasteiger charge is 2.21. The molecule has 0 bridgehead atoms. The highest BCUT2D eigenvalue weighted by Crippen LogP contribution is 2.24. The Balaban J connectivity index is 2.22. The smallest absolute Gasteiger partial charge is 0.159 e. The second-order valence-corrected chi connectivity index (χ2v) is 5.79. The fraction of sp³-hybridized carbons (Fsp3) is 0.154. The van der Waals surface area contributed by atoms with Crippen molar-refractivity contribution in [2.24, 2.45) is 5.73 Å². The van der Waals surface area contributed by atoms with Gasteiger partial charge in [0, 0.05) is 16.9 Å². The van der Waals surface area contributed by atoms with Gasteiger partial charge < -0.3 is 5.73 Å². The molecule has 19 heavy (non-hydrogen) atoms. The first-order valence-corrected chi connectivity index (χ1v) is 7.12. The summed E-state index contributed by atoms with van der Waals surface area (Å²) in [7, 11) is 0. The summed E-state index contributed by atoms with van der Waals surface area (Å²) in [6, 6.07) is 5.02. The zero-order valence-electron chi connectivity index (χ0n) is 9.70. The standard InChI is InChI=1S/C13H10BrF2NOS/c14-8-3-4-9(15)7(12(8)16)6-10(18)13(17)11-2-1-5-19-11/h1-5,13H,6,17H2. The van der Waals surface area contributed by atoms with Crippen molar-refractivity contribution in [2.45, 2.75) is 12.5 Å². The minimum Gasteiger partial charge on any atom is -0.317 e. The Kier molecular flexibility index (Phi) is 4.44. The van der Waals surface area contributed by atoms with Crippen molar-refractivity contribution in [1.82, 2.24) is 0 Å². The minimum absolute atomic E-state index is 0.126.